The topological polar surface area (TPSA) is 101 Å². The van der Waals surface area contributed by atoms with Gasteiger partial charge in [-0.05, 0) is 74.3 Å². The molecule has 2 heterocycles. The molecule has 1 aliphatic carbocycles. The van der Waals surface area contributed by atoms with Gasteiger partial charge >= 0.3 is 0 Å². The first kappa shape index (κ1) is 30.2. The van der Waals surface area contributed by atoms with Crippen molar-refractivity contribution in [3.8, 4) is 5.75 Å². The summed E-state index contributed by atoms with van der Waals surface area (Å²) in [4.78, 5) is 31.4. The van der Waals surface area contributed by atoms with Crippen molar-refractivity contribution in [3.05, 3.63) is 82.4 Å². The summed E-state index contributed by atoms with van der Waals surface area (Å²) in [5.41, 5.74) is 4.95. The summed E-state index contributed by atoms with van der Waals surface area (Å²) < 4.78 is 0. The summed E-state index contributed by atoms with van der Waals surface area (Å²) in [5.74, 6) is -1.72. The molecule has 0 radical (unpaired) electrons. The zero-order chi connectivity index (χ0) is 29.8. The summed E-state index contributed by atoms with van der Waals surface area (Å²) in [6, 6.07) is 17.3. The Morgan fingerprint density at radius 1 is 1.05 bits per heavy atom. The van der Waals surface area contributed by atoms with Gasteiger partial charge in [-0.25, -0.2) is 0 Å². The van der Waals surface area contributed by atoms with E-state index < -0.39 is 23.9 Å². The Labute approximate surface area is 249 Å². The molecule has 0 bridgehead atoms. The minimum atomic E-state index is -0.805. The molecule has 0 unspecified atom stereocenters. The number of rotatable bonds is 10. The van der Waals surface area contributed by atoms with Gasteiger partial charge in [-0.2, -0.15) is 0 Å². The number of nitrogens with zero attached hydrogens (tertiary/aromatic N) is 2. The second-order valence-electron chi connectivity index (χ2n) is 12.2. The van der Waals surface area contributed by atoms with Gasteiger partial charge in [0, 0.05) is 31.6 Å². The summed E-state index contributed by atoms with van der Waals surface area (Å²) in [7, 11) is 0. The van der Waals surface area contributed by atoms with Crippen molar-refractivity contribution in [3.63, 3.8) is 0 Å². The molecule has 3 aliphatic rings. The SMILES string of the molecule is CC/C(=C\c1cccc(O)c1)CC[C@@H](O)C1=C(C)C[C@H]2C(=O)N(C3CCN(Cc4ccccc4)CC3)C(=O)[C@H]2[C@H]1CO. The average Bonchev–Trinajstić information content (AvgIpc) is 3.24. The molecule has 2 aromatic rings. The van der Waals surface area contributed by atoms with Gasteiger partial charge in [-0.1, -0.05) is 66.6 Å². The quantitative estimate of drug-likeness (QED) is 0.276. The highest BCUT2D eigenvalue weighted by molar-refractivity contribution is 6.06. The average molecular weight is 573 g/mol. The highest BCUT2D eigenvalue weighted by atomic mass is 16.3. The van der Waals surface area contributed by atoms with E-state index in [9.17, 15) is 24.9 Å². The molecule has 2 amide bonds. The second kappa shape index (κ2) is 13.4. The molecule has 2 aromatic carbocycles. The molecule has 5 rings (SSSR count). The number of allylic oxidation sites excluding steroid dienone is 2. The molecule has 0 aromatic heterocycles. The predicted molar refractivity (Wildman–Crippen MR) is 163 cm³/mol. The van der Waals surface area contributed by atoms with E-state index in [1.807, 2.05) is 37.3 Å². The van der Waals surface area contributed by atoms with E-state index in [4.69, 9.17) is 0 Å². The number of hydrogen-bond acceptors (Lipinski definition) is 6. The van der Waals surface area contributed by atoms with Crippen LogP contribution in [-0.4, -0.2) is 68.8 Å². The third kappa shape index (κ3) is 6.38. The molecule has 2 saturated heterocycles. The number of phenols is 1. The zero-order valence-electron chi connectivity index (χ0n) is 24.8. The number of likely N-dealkylation sites (tertiary alicyclic amines) is 2. The zero-order valence-corrected chi connectivity index (χ0v) is 24.8. The highest BCUT2D eigenvalue weighted by Gasteiger charge is 2.56. The van der Waals surface area contributed by atoms with Gasteiger partial charge < -0.3 is 15.3 Å². The lowest BCUT2D eigenvalue weighted by molar-refractivity contribution is -0.144. The molecule has 7 nitrogen and oxygen atoms in total. The maximum atomic E-state index is 13.9. The Morgan fingerprint density at radius 2 is 1.79 bits per heavy atom. The lowest BCUT2D eigenvalue weighted by atomic mass is 9.68. The Bertz CT molecular complexity index is 1330. The van der Waals surface area contributed by atoms with Crippen LogP contribution in [0.2, 0.25) is 0 Å². The standard InChI is InChI=1S/C35H44N2O5/c1-3-24(19-26-10-7-11-28(39)20-26)12-13-31(40)32-23(2)18-29-33(30(32)22-38)35(42)37(34(29)41)27-14-16-36(17-15-27)21-25-8-5-4-6-9-25/h4-11,19-20,27,29-31,33,38-40H,3,12-18,21-22H2,1-2H3/b24-19+/t29-,30+,31-,33-/m1/s1. The van der Waals surface area contributed by atoms with Crippen molar-refractivity contribution in [2.24, 2.45) is 17.8 Å². The van der Waals surface area contributed by atoms with Gasteiger partial charge in [-0.3, -0.25) is 19.4 Å². The minimum absolute atomic E-state index is 0.111. The smallest absolute Gasteiger partial charge is 0.234 e. The van der Waals surface area contributed by atoms with E-state index in [1.54, 1.807) is 18.2 Å². The number of fused-ring (bicyclic) bond motifs is 1. The first-order chi connectivity index (χ1) is 20.3. The Kier molecular flexibility index (Phi) is 9.61. The number of aliphatic hydroxyl groups excluding tert-OH is 2. The van der Waals surface area contributed by atoms with Gasteiger partial charge in [0.05, 0.1) is 24.5 Å². The predicted octanol–water partition coefficient (Wildman–Crippen LogP) is 4.92. The largest absolute Gasteiger partial charge is 0.508 e. The van der Waals surface area contributed by atoms with Gasteiger partial charge in [0.15, 0.2) is 0 Å². The Balaban J connectivity index is 1.25. The van der Waals surface area contributed by atoms with Crippen LogP contribution in [0.15, 0.2) is 71.3 Å². The number of carbonyl (C=O) groups excluding carboxylic acids is 2. The van der Waals surface area contributed by atoms with Crippen LogP contribution < -0.4 is 0 Å². The van der Waals surface area contributed by atoms with Crippen LogP contribution in [0.1, 0.15) is 63.5 Å². The van der Waals surface area contributed by atoms with Crippen molar-refractivity contribution in [1.82, 2.24) is 9.80 Å². The summed E-state index contributed by atoms with van der Waals surface area (Å²) in [5, 5.41) is 31.7. The molecule has 224 valence electrons. The number of hydrogen-bond donors (Lipinski definition) is 3. The van der Waals surface area contributed by atoms with Crippen LogP contribution in [0, 0.1) is 17.8 Å². The minimum Gasteiger partial charge on any atom is -0.508 e. The summed E-state index contributed by atoms with van der Waals surface area (Å²) >= 11 is 0. The van der Waals surface area contributed by atoms with E-state index in [-0.39, 0.29) is 30.2 Å². The molecule has 7 heteroatoms. The summed E-state index contributed by atoms with van der Waals surface area (Å²) in [6.45, 7) is 6.24. The second-order valence-corrected chi connectivity index (χ2v) is 12.2. The molecule has 2 fully saturated rings. The maximum Gasteiger partial charge on any atom is 0.234 e. The fraction of sp³-hybridized carbons (Fsp3) is 0.486. The fourth-order valence-electron chi connectivity index (χ4n) is 7.36. The lowest BCUT2D eigenvalue weighted by Crippen LogP contribution is -2.47. The number of amides is 2. The van der Waals surface area contributed by atoms with Gasteiger partial charge in [0.2, 0.25) is 11.8 Å². The molecule has 0 spiro atoms. The number of aromatic hydroxyl groups is 1. The van der Waals surface area contributed by atoms with Crippen molar-refractivity contribution < 1.29 is 24.9 Å². The van der Waals surface area contributed by atoms with Crippen molar-refractivity contribution in [1.29, 1.82) is 0 Å². The van der Waals surface area contributed by atoms with Gasteiger partial charge in [0.25, 0.3) is 0 Å². The van der Waals surface area contributed by atoms with E-state index in [0.717, 1.165) is 61.2 Å². The number of piperidine rings is 1. The van der Waals surface area contributed by atoms with Crippen LogP contribution in [0.3, 0.4) is 0 Å². The molecular formula is C35H44N2O5. The van der Waals surface area contributed by atoms with E-state index in [2.05, 4.69) is 24.0 Å². The Hall–Kier alpha value is -3.26. The van der Waals surface area contributed by atoms with Crippen LogP contribution in [0.4, 0.5) is 0 Å². The Morgan fingerprint density at radius 3 is 2.45 bits per heavy atom. The van der Waals surface area contributed by atoms with E-state index in [1.165, 1.54) is 10.5 Å². The van der Waals surface area contributed by atoms with Crippen LogP contribution in [0.5, 0.6) is 5.75 Å². The third-order valence-electron chi connectivity index (χ3n) is 9.52. The lowest BCUT2D eigenvalue weighted by Gasteiger charge is -2.36. The van der Waals surface area contributed by atoms with Crippen molar-refractivity contribution >= 4 is 17.9 Å². The van der Waals surface area contributed by atoms with Crippen molar-refractivity contribution in [2.45, 2.75) is 71.1 Å². The molecule has 42 heavy (non-hydrogen) atoms. The van der Waals surface area contributed by atoms with Gasteiger partial charge in [-0.15, -0.1) is 0 Å². The number of carbonyl (C=O) groups is 2. The molecule has 4 atom stereocenters. The highest BCUT2D eigenvalue weighted by Crippen LogP contribution is 2.47. The third-order valence-corrected chi connectivity index (χ3v) is 9.52. The fourth-order valence-corrected chi connectivity index (χ4v) is 7.36. The normalized spacial score (nSPS) is 24.8. The monoisotopic (exact) mass is 572 g/mol. The van der Waals surface area contributed by atoms with Crippen molar-refractivity contribution in [2.75, 3.05) is 19.7 Å². The van der Waals surface area contributed by atoms with Crippen LogP contribution in [0.25, 0.3) is 6.08 Å². The van der Waals surface area contributed by atoms with Gasteiger partial charge in [0.1, 0.15) is 5.75 Å². The van der Waals surface area contributed by atoms with E-state index >= 15 is 0 Å². The van der Waals surface area contributed by atoms with Crippen LogP contribution >= 0.6 is 0 Å². The number of imide groups is 1. The summed E-state index contributed by atoms with van der Waals surface area (Å²) in [6.07, 6.45) is 5.10. The first-order valence-corrected chi connectivity index (χ1v) is 15.4. The maximum absolute atomic E-state index is 13.9. The molecular weight excluding hydrogens is 528 g/mol. The molecule has 3 N–H and O–H groups in total. The number of benzene rings is 2. The number of aliphatic hydroxyl groups is 2. The number of phenolic OH excluding ortho intramolecular Hbond substituents is 1. The van der Waals surface area contributed by atoms with Crippen LogP contribution in [-0.2, 0) is 16.1 Å². The first-order valence-electron chi connectivity index (χ1n) is 15.4. The molecule has 0 saturated carbocycles. The van der Waals surface area contributed by atoms with E-state index in [0.29, 0.717) is 19.3 Å². The molecule has 2 aliphatic heterocycles.